The number of benzene rings is 2. The average Bonchev–Trinajstić information content (AvgIpc) is 3.37. The SMILES string of the molecule is CCOC(=O)c1cccc(-n2c(=O)c3c(C)csc3n(C[C@H](OC3CCOCC3)c3ccccc3OC)c2=O)c1. The van der Waals surface area contributed by atoms with E-state index in [-0.39, 0.29) is 24.8 Å². The molecule has 0 aliphatic carbocycles. The van der Waals surface area contributed by atoms with Crippen LogP contribution in [0.15, 0.2) is 63.5 Å². The van der Waals surface area contributed by atoms with Gasteiger partial charge in [0.05, 0.1) is 43.0 Å². The Morgan fingerprint density at radius 1 is 1.12 bits per heavy atom. The molecule has 2 aromatic heterocycles. The molecule has 0 amide bonds. The Labute approximate surface area is 235 Å². The Bertz CT molecular complexity index is 1630. The van der Waals surface area contributed by atoms with E-state index in [0.29, 0.717) is 34.9 Å². The summed E-state index contributed by atoms with van der Waals surface area (Å²) in [5.74, 6) is 0.133. The zero-order valence-corrected chi connectivity index (χ0v) is 23.6. The fraction of sp³-hybridized carbons (Fsp3) is 0.367. The van der Waals surface area contributed by atoms with Crippen LogP contribution in [0.4, 0.5) is 0 Å². The molecule has 1 atom stereocenters. The molecule has 10 heteroatoms. The zero-order valence-electron chi connectivity index (χ0n) is 22.8. The van der Waals surface area contributed by atoms with Crippen molar-refractivity contribution in [3.8, 4) is 11.4 Å². The van der Waals surface area contributed by atoms with Crippen LogP contribution >= 0.6 is 11.3 Å². The van der Waals surface area contributed by atoms with Gasteiger partial charge in [0, 0.05) is 18.8 Å². The molecule has 0 N–H and O–H groups in total. The lowest BCUT2D eigenvalue weighted by Crippen LogP contribution is -2.40. The Morgan fingerprint density at radius 3 is 2.65 bits per heavy atom. The van der Waals surface area contributed by atoms with Crippen molar-refractivity contribution in [2.45, 2.75) is 45.4 Å². The van der Waals surface area contributed by atoms with Gasteiger partial charge in [-0.15, -0.1) is 11.3 Å². The summed E-state index contributed by atoms with van der Waals surface area (Å²) >= 11 is 1.35. The number of methoxy groups -OCH3 is 1. The van der Waals surface area contributed by atoms with Gasteiger partial charge in [0.25, 0.3) is 5.56 Å². The van der Waals surface area contributed by atoms with Crippen molar-refractivity contribution in [2.24, 2.45) is 0 Å². The predicted molar refractivity (Wildman–Crippen MR) is 153 cm³/mol. The number of nitrogens with zero attached hydrogens (tertiary/aromatic N) is 2. The number of carbonyl (C=O) groups is 1. The molecule has 210 valence electrons. The molecule has 0 unspecified atom stereocenters. The van der Waals surface area contributed by atoms with Crippen molar-refractivity contribution in [2.75, 3.05) is 26.9 Å². The van der Waals surface area contributed by atoms with Crippen molar-refractivity contribution < 1.29 is 23.7 Å². The van der Waals surface area contributed by atoms with Crippen LogP contribution in [0.3, 0.4) is 0 Å². The maximum Gasteiger partial charge on any atom is 0.338 e. The lowest BCUT2D eigenvalue weighted by molar-refractivity contribution is -0.0752. The van der Waals surface area contributed by atoms with Gasteiger partial charge < -0.3 is 18.9 Å². The lowest BCUT2D eigenvalue weighted by Gasteiger charge is -2.29. The highest BCUT2D eigenvalue weighted by Crippen LogP contribution is 2.33. The first-order chi connectivity index (χ1) is 19.4. The molecule has 3 heterocycles. The van der Waals surface area contributed by atoms with Crippen LogP contribution in [0.1, 0.15) is 47.4 Å². The smallest absolute Gasteiger partial charge is 0.338 e. The lowest BCUT2D eigenvalue weighted by atomic mass is 10.1. The number of ether oxygens (including phenoxy) is 4. The highest BCUT2D eigenvalue weighted by Gasteiger charge is 2.27. The fourth-order valence-corrected chi connectivity index (χ4v) is 6.08. The molecular weight excluding hydrogens is 532 g/mol. The quantitative estimate of drug-likeness (QED) is 0.273. The molecule has 1 aliphatic rings. The van der Waals surface area contributed by atoms with Crippen molar-refractivity contribution in [3.05, 3.63) is 91.4 Å². The molecular formula is C30H32N2O7S. The normalized spacial score (nSPS) is 14.8. The van der Waals surface area contributed by atoms with E-state index in [1.807, 2.05) is 36.6 Å². The van der Waals surface area contributed by atoms with E-state index >= 15 is 0 Å². The molecule has 4 aromatic rings. The third kappa shape index (κ3) is 5.47. The van der Waals surface area contributed by atoms with Gasteiger partial charge in [0.15, 0.2) is 0 Å². The number of rotatable bonds is 9. The predicted octanol–water partition coefficient (Wildman–Crippen LogP) is 4.64. The van der Waals surface area contributed by atoms with Crippen molar-refractivity contribution in [3.63, 3.8) is 0 Å². The molecule has 0 radical (unpaired) electrons. The Kier molecular flexibility index (Phi) is 8.49. The summed E-state index contributed by atoms with van der Waals surface area (Å²) in [7, 11) is 1.61. The number of thiophene rings is 1. The standard InChI is InChI=1S/C30H32N2O7S/c1-4-38-29(34)20-8-7-9-21(16-20)32-27(33)26-19(2)18-40-28(26)31(30(32)35)17-25(39-22-12-14-37-15-13-22)23-10-5-6-11-24(23)36-3/h5-11,16,18,22,25H,4,12-15,17H2,1-3H3/t25-/m0/s1. The Hall–Kier alpha value is -3.73. The van der Waals surface area contributed by atoms with E-state index in [1.54, 1.807) is 36.8 Å². The van der Waals surface area contributed by atoms with Crippen LogP contribution in [-0.2, 0) is 20.8 Å². The number of para-hydroxylation sites is 1. The maximum absolute atomic E-state index is 14.1. The van der Waals surface area contributed by atoms with E-state index in [4.69, 9.17) is 18.9 Å². The van der Waals surface area contributed by atoms with E-state index in [9.17, 15) is 14.4 Å². The number of esters is 1. The molecule has 0 spiro atoms. The third-order valence-corrected chi connectivity index (χ3v) is 8.13. The van der Waals surface area contributed by atoms with Gasteiger partial charge in [0.1, 0.15) is 16.7 Å². The van der Waals surface area contributed by atoms with E-state index in [0.717, 1.165) is 28.5 Å². The number of aromatic nitrogens is 2. The summed E-state index contributed by atoms with van der Waals surface area (Å²) in [6.07, 6.45) is 0.911. The molecule has 1 fully saturated rings. The number of fused-ring (bicyclic) bond motifs is 1. The van der Waals surface area contributed by atoms with Crippen LogP contribution in [0.5, 0.6) is 5.75 Å². The maximum atomic E-state index is 14.1. The first-order valence-electron chi connectivity index (χ1n) is 13.3. The second kappa shape index (κ2) is 12.2. The largest absolute Gasteiger partial charge is 0.496 e. The van der Waals surface area contributed by atoms with Gasteiger partial charge in [-0.3, -0.25) is 9.36 Å². The summed E-state index contributed by atoms with van der Waals surface area (Å²) < 4.78 is 25.7. The minimum absolute atomic E-state index is 0.0490. The highest BCUT2D eigenvalue weighted by atomic mass is 32.1. The van der Waals surface area contributed by atoms with Gasteiger partial charge >= 0.3 is 11.7 Å². The Morgan fingerprint density at radius 2 is 1.90 bits per heavy atom. The van der Waals surface area contributed by atoms with Gasteiger partial charge in [-0.1, -0.05) is 24.3 Å². The Balaban J connectivity index is 1.66. The van der Waals surface area contributed by atoms with Crippen LogP contribution in [0.2, 0.25) is 0 Å². The van der Waals surface area contributed by atoms with Gasteiger partial charge in [-0.05, 0) is 61.9 Å². The van der Waals surface area contributed by atoms with Crippen LogP contribution < -0.4 is 16.0 Å². The number of hydrogen-bond acceptors (Lipinski definition) is 8. The monoisotopic (exact) mass is 564 g/mol. The van der Waals surface area contributed by atoms with E-state index in [1.165, 1.54) is 17.4 Å². The zero-order chi connectivity index (χ0) is 28.2. The van der Waals surface area contributed by atoms with Gasteiger partial charge in [0.2, 0.25) is 0 Å². The molecule has 1 aliphatic heterocycles. The van der Waals surface area contributed by atoms with Crippen molar-refractivity contribution in [1.29, 1.82) is 0 Å². The summed E-state index contributed by atoms with van der Waals surface area (Å²) in [6.45, 7) is 5.17. The summed E-state index contributed by atoms with van der Waals surface area (Å²) in [4.78, 5) is 40.9. The first-order valence-corrected chi connectivity index (χ1v) is 14.2. The first kappa shape index (κ1) is 27.8. The van der Waals surface area contributed by atoms with E-state index < -0.39 is 23.3 Å². The topological polar surface area (TPSA) is 98.0 Å². The minimum Gasteiger partial charge on any atom is -0.496 e. The van der Waals surface area contributed by atoms with Crippen LogP contribution in [0.25, 0.3) is 15.9 Å². The van der Waals surface area contributed by atoms with E-state index in [2.05, 4.69) is 0 Å². The molecule has 9 nitrogen and oxygen atoms in total. The number of carbonyl (C=O) groups excluding carboxylic acids is 1. The van der Waals surface area contributed by atoms with Gasteiger partial charge in [-0.25, -0.2) is 14.2 Å². The molecule has 0 bridgehead atoms. The molecule has 40 heavy (non-hydrogen) atoms. The van der Waals surface area contributed by atoms with Crippen LogP contribution in [-0.4, -0.2) is 48.1 Å². The average molecular weight is 565 g/mol. The van der Waals surface area contributed by atoms with Crippen LogP contribution in [0, 0.1) is 6.92 Å². The second-order valence-electron chi connectivity index (χ2n) is 9.58. The third-order valence-electron chi connectivity index (χ3n) is 7.01. The molecule has 2 aromatic carbocycles. The van der Waals surface area contributed by atoms with Gasteiger partial charge in [-0.2, -0.15) is 0 Å². The van der Waals surface area contributed by atoms with Crippen molar-refractivity contribution >= 4 is 27.5 Å². The second-order valence-corrected chi connectivity index (χ2v) is 10.4. The summed E-state index contributed by atoms with van der Waals surface area (Å²) in [5, 5.41) is 2.33. The highest BCUT2D eigenvalue weighted by molar-refractivity contribution is 7.17. The van der Waals surface area contributed by atoms with Crippen molar-refractivity contribution in [1.82, 2.24) is 9.13 Å². The summed E-state index contributed by atoms with van der Waals surface area (Å²) in [5.41, 5.74) is 1.18. The number of aryl methyl sites for hydroxylation is 1. The molecule has 0 saturated carbocycles. The summed E-state index contributed by atoms with van der Waals surface area (Å²) in [6, 6.07) is 14.0. The minimum atomic E-state index is -0.528. The molecule has 5 rings (SSSR count). The number of hydrogen-bond donors (Lipinski definition) is 0. The molecule has 1 saturated heterocycles. The fourth-order valence-electron chi connectivity index (χ4n) is 5.03.